The molecule has 0 aromatic carbocycles. The first-order valence-corrected chi connectivity index (χ1v) is 5.68. The molecule has 2 aliphatic heterocycles. The smallest absolute Gasteiger partial charge is 0.0714 e. The standard InChI is InChI=1S/C12H17N3/c1-15-7-4-12(5-8-15)9-14-10-3-2-6-13-11(10)12/h2-3,6,14H,4-5,7-9H2,1H3. The zero-order valence-corrected chi connectivity index (χ0v) is 9.16. The number of hydrogen-bond acceptors (Lipinski definition) is 3. The van der Waals surface area contributed by atoms with Gasteiger partial charge < -0.3 is 10.2 Å². The Morgan fingerprint density at radius 2 is 2.20 bits per heavy atom. The van der Waals surface area contributed by atoms with Crippen LogP contribution in [0, 0.1) is 0 Å². The fraction of sp³-hybridized carbons (Fsp3) is 0.583. The van der Waals surface area contributed by atoms with Gasteiger partial charge in [-0.05, 0) is 45.1 Å². The molecule has 80 valence electrons. The van der Waals surface area contributed by atoms with Crippen molar-refractivity contribution in [3.05, 3.63) is 24.0 Å². The Morgan fingerprint density at radius 1 is 1.40 bits per heavy atom. The monoisotopic (exact) mass is 203 g/mol. The highest BCUT2D eigenvalue weighted by Crippen LogP contribution is 2.42. The molecular weight excluding hydrogens is 186 g/mol. The molecule has 3 rings (SSSR count). The molecule has 0 saturated carbocycles. The highest BCUT2D eigenvalue weighted by molar-refractivity contribution is 5.57. The van der Waals surface area contributed by atoms with Crippen molar-refractivity contribution in [1.82, 2.24) is 9.88 Å². The lowest BCUT2D eigenvalue weighted by atomic mass is 9.77. The fourth-order valence-electron chi connectivity index (χ4n) is 2.78. The van der Waals surface area contributed by atoms with Gasteiger partial charge in [-0.2, -0.15) is 0 Å². The predicted octanol–water partition coefficient (Wildman–Crippen LogP) is 1.47. The van der Waals surface area contributed by atoms with Gasteiger partial charge in [0.1, 0.15) is 0 Å². The zero-order chi connectivity index (χ0) is 10.3. The Labute approximate surface area is 90.5 Å². The molecule has 0 radical (unpaired) electrons. The molecule has 0 amide bonds. The Hall–Kier alpha value is -1.09. The van der Waals surface area contributed by atoms with Gasteiger partial charge in [0.2, 0.25) is 0 Å². The summed E-state index contributed by atoms with van der Waals surface area (Å²) in [5.74, 6) is 0. The lowest BCUT2D eigenvalue weighted by molar-refractivity contribution is 0.197. The summed E-state index contributed by atoms with van der Waals surface area (Å²) >= 11 is 0. The molecule has 1 fully saturated rings. The van der Waals surface area contributed by atoms with E-state index in [2.05, 4.69) is 28.3 Å². The van der Waals surface area contributed by atoms with E-state index in [0.29, 0.717) is 5.41 Å². The first-order chi connectivity index (χ1) is 7.30. The number of fused-ring (bicyclic) bond motifs is 2. The highest BCUT2D eigenvalue weighted by Gasteiger charge is 2.41. The van der Waals surface area contributed by atoms with E-state index in [0.717, 1.165) is 6.54 Å². The molecule has 1 aromatic rings. The van der Waals surface area contributed by atoms with Crippen molar-refractivity contribution in [3.63, 3.8) is 0 Å². The molecular formula is C12H17N3. The molecule has 0 unspecified atom stereocenters. The van der Waals surface area contributed by atoms with Gasteiger partial charge in [0.25, 0.3) is 0 Å². The molecule has 2 aliphatic rings. The van der Waals surface area contributed by atoms with Crippen LogP contribution in [0.1, 0.15) is 18.5 Å². The number of nitrogens with one attached hydrogen (secondary N) is 1. The quantitative estimate of drug-likeness (QED) is 0.692. The lowest BCUT2D eigenvalue weighted by Gasteiger charge is -2.36. The van der Waals surface area contributed by atoms with E-state index in [9.17, 15) is 0 Å². The molecule has 1 N–H and O–H groups in total. The van der Waals surface area contributed by atoms with Gasteiger partial charge in [-0.3, -0.25) is 4.98 Å². The van der Waals surface area contributed by atoms with Crippen molar-refractivity contribution in [3.8, 4) is 0 Å². The number of hydrogen-bond donors (Lipinski definition) is 1. The fourth-order valence-corrected chi connectivity index (χ4v) is 2.78. The van der Waals surface area contributed by atoms with Gasteiger partial charge in [0, 0.05) is 18.2 Å². The molecule has 0 atom stereocenters. The summed E-state index contributed by atoms with van der Waals surface area (Å²) < 4.78 is 0. The second-order valence-electron chi connectivity index (χ2n) is 4.84. The van der Waals surface area contributed by atoms with E-state index >= 15 is 0 Å². The first kappa shape index (κ1) is 9.16. The maximum absolute atomic E-state index is 4.58. The molecule has 3 nitrogen and oxygen atoms in total. The van der Waals surface area contributed by atoms with Gasteiger partial charge in [0.15, 0.2) is 0 Å². The van der Waals surface area contributed by atoms with Crippen LogP contribution in [0.3, 0.4) is 0 Å². The first-order valence-electron chi connectivity index (χ1n) is 5.68. The van der Waals surface area contributed by atoms with Crippen LogP contribution in [0.15, 0.2) is 18.3 Å². The molecule has 0 aliphatic carbocycles. The lowest BCUT2D eigenvalue weighted by Crippen LogP contribution is -2.42. The molecule has 1 saturated heterocycles. The summed E-state index contributed by atoms with van der Waals surface area (Å²) in [7, 11) is 2.20. The molecule has 3 heterocycles. The number of aromatic nitrogens is 1. The largest absolute Gasteiger partial charge is 0.383 e. The van der Waals surface area contributed by atoms with Crippen molar-refractivity contribution >= 4 is 5.69 Å². The van der Waals surface area contributed by atoms with E-state index in [-0.39, 0.29) is 0 Å². The topological polar surface area (TPSA) is 28.2 Å². The third-order valence-corrected chi connectivity index (χ3v) is 3.87. The average Bonchev–Trinajstić information content (AvgIpc) is 2.63. The van der Waals surface area contributed by atoms with Crippen molar-refractivity contribution in [2.24, 2.45) is 0 Å². The van der Waals surface area contributed by atoms with E-state index in [1.807, 2.05) is 12.3 Å². The summed E-state index contributed by atoms with van der Waals surface area (Å²) in [5, 5.41) is 3.49. The van der Waals surface area contributed by atoms with E-state index in [1.165, 1.54) is 37.3 Å². The third-order valence-electron chi connectivity index (χ3n) is 3.87. The Morgan fingerprint density at radius 3 is 3.00 bits per heavy atom. The van der Waals surface area contributed by atoms with Crippen molar-refractivity contribution in [2.75, 3.05) is 32.0 Å². The van der Waals surface area contributed by atoms with Crippen molar-refractivity contribution in [2.45, 2.75) is 18.3 Å². The van der Waals surface area contributed by atoms with Gasteiger partial charge in [0.05, 0.1) is 11.4 Å². The van der Waals surface area contributed by atoms with Crippen LogP contribution in [-0.2, 0) is 5.41 Å². The summed E-state index contributed by atoms with van der Waals surface area (Å²) in [6, 6.07) is 4.16. The van der Waals surface area contributed by atoms with Crippen molar-refractivity contribution in [1.29, 1.82) is 0 Å². The maximum atomic E-state index is 4.58. The van der Waals surface area contributed by atoms with E-state index in [4.69, 9.17) is 0 Å². The minimum atomic E-state index is 0.323. The summed E-state index contributed by atoms with van der Waals surface area (Å²) in [5.41, 5.74) is 2.88. The Balaban J connectivity index is 1.95. The molecule has 3 heteroatoms. The number of anilines is 1. The molecule has 1 spiro atoms. The van der Waals surface area contributed by atoms with Crippen molar-refractivity contribution < 1.29 is 0 Å². The van der Waals surface area contributed by atoms with Crippen LogP contribution in [0.5, 0.6) is 0 Å². The Bertz CT molecular complexity index is 367. The van der Waals surface area contributed by atoms with Gasteiger partial charge in [-0.1, -0.05) is 0 Å². The van der Waals surface area contributed by atoms with Crippen LogP contribution >= 0.6 is 0 Å². The number of piperidine rings is 1. The number of pyridine rings is 1. The zero-order valence-electron chi connectivity index (χ0n) is 9.16. The second kappa shape index (κ2) is 3.20. The van der Waals surface area contributed by atoms with Crippen LogP contribution in [0.4, 0.5) is 5.69 Å². The summed E-state index contributed by atoms with van der Waals surface area (Å²) in [6.45, 7) is 3.46. The second-order valence-corrected chi connectivity index (χ2v) is 4.84. The number of rotatable bonds is 0. The summed E-state index contributed by atoms with van der Waals surface area (Å²) in [4.78, 5) is 6.99. The van der Waals surface area contributed by atoms with Gasteiger partial charge >= 0.3 is 0 Å². The maximum Gasteiger partial charge on any atom is 0.0714 e. The van der Waals surface area contributed by atoms with Crippen LogP contribution < -0.4 is 5.32 Å². The van der Waals surface area contributed by atoms with E-state index in [1.54, 1.807) is 0 Å². The minimum absolute atomic E-state index is 0.323. The predicted molar refractivity (Wildman–Crippen MR) is 61.1 cm³/mol. The van der Waals surface area contributed by atoms with Crippen LogP contribution in [0.2, 0.25) is 0 Å². The molecule has 1 aromatic heterocycles. The third kappa shape index (κ3) is 1.34. The van der Waals surface area contributed by atoms with Crippen LogP contribution in [-0.4, -0.2) is 36.6 Å². The SMILES string of the molecule is CN1CCC2(CC1)CNc1cccnc12. The average molecular weight is 203 g/mol. The normalized spacial score (nSPS) is 23.8. The molecule has 15 heavy (non-hydrogen) atoms. The number of nitrogens with zero attached hydrogens (tertiary/aromatic N) is 2. The van der Waals surface area contributed by atoms with E-state index < -0.39 is 0 Å². The minimum Gasteiger partial charge on any atom is -0.383 e. The highest BCUT2D eigenvalue weighted by atomic mass is 15.1. The van der Waals surface area contributed by atoms with Gasteiger partial charge in [-0.15, -0.1) is 0 Å². The van der Waals surface area contributed by atoms with Crippen LogP contribution in [0.25, 0.3) is 0 Å². The summed E-state index contributed by atoms with van der Waals surface area (Å²) in [6.07, 6.45) is 4.40. The molecule has 0 bridgehead atoms. The van der Waals surface area contributed by atoms with Gasteiger partial charge in [-0.25, -0.2) is 0 Å². The Kier molecular flexibility index (Phi) is 1.96. The number of likely N-dealkylation sites (tertiary alicyclic amines) is 1.